The van der Waals surface area contributed by atoms with Crippen molar-refractivity contribution in [1.82, 2.24) is 4.98 Å². The number of rotatable bonds is 3. The Morgan fingerprint density at radius 1 is 1.47 bits per heavy atom. The van der Waals surface area contributed by atoms with E-state index in [0.717, 1.165) is 0 Å². The zero-order valence-corrected chi connectivity index (χ0v) is 8.61. The van der Waals surface area contributed by atoms with E-state index in [4.69, 9.17) is 0 Å². The molecule has 0 bridgehead atoms. The Kier molecular flexibility index (Phi) is 3.79. The van der Waals surface area contributed by atoms with Crippen molar-refractivity contribution in [3.05, 3.63) is 23.9 Å². The molecule has 0 radical (unpaired) electrons. The van der Waals surface area contributed by atoms with Gasteiger partial charge in [-0.3, -0.25) is 4.79 Å². The maximum atomic E-state index is 11.1. The monoisotopic (exact) mass is 208 g/mol. The minimum atomic E-state index is -0.448. The molecule has 0 aliphatic heterocycles. The molecule has 0 unspecified atom stereocenters. The van der Waals surface area contributed by atoms with Crippen LogP contribution in [-0.2, 0) is 9.53 Å². The van der Waals surface area contributed by atoms with Gasteiger partial charge < -0.3 is 10.1 Å². The first-order valence-corrected chi connectivity index (χ1v) is 4.51. The lowest BCUT2D eigenvalue weighted by Crippen LogP contribution is -2.11. The van der Waals surface area contributed by atoms with E-state index in [1.54, 1.807) is 19.1 Å². The van der Waals surface area contributed by atoms with Crippen LogP contribution in [0.4, 0.5) is 5.82 Å². The highest BCUT2D eigenvalue weighted by molar-refractivity contribution is 5.91. The Morgan fingerprint density at radius 2 is 2.20 bits per heavy atom. The first kappa shape index (κ1) is 11.2. The number of carbonyl (C=O) groups excluding carboxylic acids is 2. The third kappa shape index (κ3) is 3.05. The molecule has 0 saturated carbocycles. The molecule has 15 heavy (non-hydrogen) atoms. The van der Waals surface area contributed by atoms with E-state index in [9.17, 15) is 9.59 Å². The summed E-state index contributed by atoms with van der Waals surface area (Å²) in [5.74, 6) is -0.140. The van der Waals surface area contributed by atoms with Crippen molar-refractivity contribution in [2.45, 2.75) is 13.3 Å². The van der Waals surface area contributed by atoms with E-state index in [1.165, 1.54) is 13.3 Å². The fourth-order valence-electron chi connectivity index (χ4n) is 0.938. The van der Waals surface area contributed by atoms with E-state index < -0.39 is 5.97 Å². The van der Waals surface area contributed by atoms with E-state index >= 15 is 0 Å². The highest BCUT2D eigenvalue weighted by Crippen LogP contribution is 2.06. The third-order valence-corrected chi connectivity index (χ3v) is 1.77. The van der Waals surface area contributed by atoms with Crippen molar-refractivity contribution in [3.63, 3.8) is 0 Å². The number of aromatic nitrogens is 1. The summed E-state index contributed by atoms with van der Waals surface area (Å²) in [6, 6.07) is 3.10. The fourth-order valence-corrected chi connectivity index (χ4v) is 0.938. The number of nitrogens with zero attached hydrogens (tertiary/aromatic N) is 1. The van der Waals surface area contributed by atoms with Gasteiger partial charge in [0.1, 0.15) is 5.82 Å². The SMILES string of the molecule is CCC(=O)Nc1ccc(C(=O)OC)cn1. The summed E-state index contributed by atoms with van der Waals surface area (Å²) in [6.45, 7) is 1.75. The highest BCUT2D eigenvalue weighted by atomic mass is 16.5. The Balaban J connectivity index is 2.72. The molecule has 1 aromatic heterocycles. The maximum absolute atomic E-state index is 11.1. The number of carbonyl (C=O) groups is 2. The van der Waals surface area contributed by atoms with E-state index in [-0.39, 0.29) is 5.91 Å². The number of nitrogens with one attached hydrogen (secondary N) is 1. The van der Waals surface area contributed by atoms with E-state index in [1.807, 2.05) is 0 Å². The molecular weight excluding hydrogens is 196 g/mol. The maximum Gasteiger partial charge on any atom is 0.339 e. The van der Waals surface area contributed by atoms with Crippen LogP contribution in [0.1, 0.15) is 23.7 Å². The number of hydrogen-bond donors (Lipinski definition) is 1. The number of methoxy groups -OCH3 is 1. The van der Waals surface area contributed by atoms with Gasteiger partial charge in [0.15, 0.2) is 0 Å². The molecule has 1 rings (SSSR count). The molecule has 0 spiro atoms. The van der Waals surface area contributed by atoms with Crippen LogP contribution in [0.2, 0.25) is 0 Å². The molecule has 0 aliphatic carbocycles. The molecular formula is C10H12N2O3. The van der Waals surface area contributed by atoms with Gasteiger partial charge in [-0.05, 0) is 12.1 Å². The zero-order valence-electron chi connectivity index (χ0n) is 8.61. The second-order valence-corrected chi connectivity index (χ2v) is 2.83. The van der Waals surface area contributed by atoms with Gasteiger partial charge in [0.2, 0.25) is 5.91 Å². The van der Waals surface area contributed by atoms with Gasteiger partial charge in [-0.2, -0.15) is 0 Å². The average Bonchev–Trinajstić information content (AvgIpc) is 2.29. The van der Waals surface area contributed by atoms with Crippen molar-refractivity contribution < 1.29 is 14.3 Å². The highest BCUT2D eigenvalue weighted by Gasteiger charge is 2.06. The lowest BCUT2D eigenvalue weighted by molar-refractivity contribution is -0.115. The Hall–Kier alpha value is -1.91. The van der Waals surface area contributed by atoms with Gasteiger partial charge >= 0.3 is 5.97 Å². The number of ether oxygens (including phenoxy) is 1. The summed E-state index contributed by atoms with van der Waals surface area (Å²) in [5, 5.41) is 2.57. The summed E-state index contributed by atoms with van der Waals surface area (Å²) in [7, 11) is 1.30. The molecule has 80 valence electrons. The Bertz CT molecular complexity index is 359. The van der Waals surface area contributed by atoms with Crippen LogP contribution < -0.4 is 5.32 Å². The third-order valence-electron chi connectivity index (χ3n) is 1.77. The Morgan fingerprint density at radius 3 is 2.67 bits per heavy atom. The zero-order chi connectivity index (χ0) is 11.3. The standard InChI is InChI=1S/C10H12N2O3/c1-3-9(13)12-8-5-4-7(6-11-8)10(14)15-2/h4-6H,3H2,1-2H3,(H,11,12,13). The van der Waals surface area contributed by atoms with Crippen molar-refractivity contribution in [2.75, 3.05) is 12.4 Å². The lowest BCUT2D eigenvalue weighted by Gasteiger charge is -2.03. The van der Waals surface area contributed by atoms with Crippen LogP contribution in [0.5, 0.6) is 0 Å². The van der Waals surface area contributed by atoms with E-state index in [2.05, 4.69) is 15.0 Å². The summed E-state index contributed by atoms with van der Waals surface area (Å²) < 4.78 is 4.51. The van der Waals surface area contributed by atoms with Crippen LogP contribution in [0.25, 0.3) is 0 Å². The molecule has 0 atom stereocenters. The largest absolute Gasteiger partial charge is 0.465 e. The smallest absolute Gasteiger partial charge is 0.339 e. The molecule has 5 nitrogen and oxygen atoms in total. The summed E-state index contributed by atoms with van der Waals surface area (Å²) in [5.41, 5.74) is 0.354. The molecule has 0 saturated heterocycles. The number of esters is 1. The number of pyridine rings is 1. The molecule has 0 fully saturated rings. The molecule has 1 heterocycles. The first-order chi connectivity index (χ1) is 7.17. The van der Waals surface area contributed by atoms with Gasteiger partial charge in [-0.1, -0.05) is 6.92 Å². The van der Waals surface area contributed by atoms with Crippen LogP contribution in [0, 0.1) is 0 Å². The van der Waals surface area contributed by atoms with E-state index in [0.29, 0.717) is 17.8 Å². The van der Waals surface area contributed by atoms with Crippen LogP contribution in [-0.4, -0.2) is 24.0 Å². The van der Waals surface area contributed by atoms with Gasteiger partial charge in [0.25, 0.3) is 0 Å². The average molecular weight is 208 g/mol. The predicted molar refractivity (Wildman–Crippen MR) is 54.5 cm³/mol. The summed E-state index contributed by atoms with van der Waals surface area (Å²) in [6.07, 6.45) is 1.75. The Labute approximate surface area is 87.5 Å². The predicted octanol–water partition coefficient (Wildman–Crippen LogP) is 1.22. The van der Waals surface area contributed by atoms with Gasteiger partial charge in [0, 0.05) is 12.6 Å². The molecule has 0 aliphatic rings. The van der Waals surface area contributed by atoms with Crippen LogP contribution >= 0.6 is 0 Å². The van der Waals surface area contributed by atoms with Gasteiger partial charge in [0.05, 0.1) is 12.7 Å². The molecule has 5 heteroatoms. The number of amides is 1. The van der Waals surface area contributed by atoms with Crippen molar-refractivity contribution in [1.29, 1.82) is 0 Å². The second-order valence-electron chi connectivity index (χ2n) is 2.83. The van der Waals surface area contributed by atoms with Crippen molar-refractivity contribution in [3.8, 4) is 0 Å². The first-order valence-electron chi connectivity index (χ1n) is 4.51. The van der Waals surface area contributed by atoms with Crippen molar-refractivity contribution in [2.24, 2.45) is 0 Å². The minimum absolute atomic E-state index is 0.117. The molecule has 1 amide bonds. The fraction of sp³-hybridized carbons (Fsp3) is 0.300. The second kappa shape index (κ2) is 5.09. The van der Waals surface area contributed by atoms with Gasteiger partial charge in [-0.25, -0.2) is 9.78 Å². The molecule has 1 N–H and O–H groups in total. The van der Waals surface area contributed by atoms with Gasteiger partial charge in [-0.15, -0.1) is 0 Å². The summed E-state index contributed by atoms with van der Waals surface area (Å²) >= 11 is 0. The molecule has 0 aromatic carbocycles. The molecule has 1 aromatic rings. The lowest BCUT2D eigenvalue weighted by atomic mass is 10.3. The number of anilines is 1. The normalized spacial score (nSPS) is 9.47. The number of hydrogen-bond acceptors (Lipinski definition) is 4. The van der Waals surface area contributed by atoms with Crippen molar-refractivity contribution >= 4 is 17.7 Å². The topological polar surface area (TPSA) is 68.3 Å². The minimum Gasteiger partial charge on any atom is -0.465 e. The quantitative estimate of drug-likeness (QED) is 0.758. The van der Waals surface area contributed by atoms with Crippen LogP contribution in [0.3, 0.4) is 0 Å². The summed E-state index contributed by atoms with van der Waals surface area (Å²) in [4.78, 5) is 26.0. The van der Waals surface area contributed by atoms with Crippen LogP contribution in [0.15, 0.2) is 18.3 Å².